The maximum Gasteiger partial charge on any atom is 0.196 e. The lowest BCUT2D eigenvalue weighted by Crippen LogP contribution is -2.29. The number of furan rings is 1. The third kappa shape index (κ3) is 2.04. The summed E-state index contributed by atoms with van der Waals surface area (Å²) in [7, 11) is 0. The monoisotopic (exact) mass is 209 g/mol. The zero-order chi connectivity index (χ0) is 11.1. The number of carbonyl (C=O) groups is 1. The van der Waals surface area contributed by atoms with Crippen molar-refractivity contribution < 1.29 is 14.3 Å². The summed E-state index contributed by atoms with van der Waals surface area (Å²) in [6.45, 7) is 4.60. The van der Waals surface area contributed by atoms with E-state index >= 15 is 0 Å². The largest absolute Gasteiger partial charge is 0.437 e. The van der Waals surface area contributed by atoms with E-state index in [1.807, 2.05) is 11.8 Å². The number of nitrogens with zero attached hydrogens (tertiary/aromatic N) is 1. The molecule has 1 N–H and O–H groups in total. The predicted octanol–water partition coefficient (Wildman–Crippen LogP) is 1.44. The second-order valence-electron chi connectivity index (χ2n) is 4.36. The van der Waals surface area contributed by atoms with Gasteiger partial charge in [-0.05, 0) is 19.4 Å². The van der Waals surface area contributed by atoms with Crippen LogP contribution in [0, 0.1) is 0 Å². The van der Waals surface area contributed by atoms with Crippen LogP contribution in [0.15, 0.2) is 16.5 Å². The van der Waals surface area contributed by atoms with E-state index in [4.69, 9.17) is 4.42 Å². The Bertz CT molecular complexity index is 381. The highest BCUT2D eigenvalue weighted by molar-refractivity contribution is 5.91. The van der Waals surface area contributed by atoms with Gasteiger partial charge in [0.2, 0.25) is 0 Å². The fourth-order valence-electron chi connectivity index (χ4n) is 1.82. The van der Waals surface area contributed by atoms with Crippen LogP contribution in [0.3, 0.4) is 0 Å². The zero-order valence-corrected chi connectivity index (χ0v) is 8.99. The molecule has 0 radical (unpaired) electrons. The Kier molecular flexibility index (Phi) is 2.31. The normalized spacial score (nSPS) is 25.9. The summed E-state index contributed by atoms with van der Waals surface area (Å²) < 4.78 is 5.39. The highest BCUT2D eigenvalue weighted by Gasteiger charge is 2.32. The molecule has 2 heterocycles. The molecule has 0 amide bonds. The molecule has 0 bridgehead atoms. The Hall–Kier alpha value is -1.29. The predicted molar refractivity (Wildman–Crippen MR) is 56.2 cm³/mol. The van der Waals surface area contributed by atoms with Gasteiger partial charge in [-0.15, -0.1) is 0 Å². The first kappa shape index (κ1) is 10.2. The SMILES string of the molecule is CC(=O)c1ccc(N2CCC(C)(O)C2)o1. The van der Waals surface area contributed by atoms with Crippen LogP contribution >= 0.6 is 0 Å². The highest BCUT2D eigenvalue weighted by Crippen LogP contribution is 2.27. The second-order valence-corrected chi connectivity index (χ2v) is 4.36. The average Bonchev–Trinajstić information content (AvgIpc) is 2.70. The molecule has 0 spiro atoms. The van der Waals surface area contributed by atoms with Crippen molar-refractivity contribution in [3.8, 4) is 0 Å². The Balaban J connectivity index is 2.14. The summed E-state index contributed by atoms with van der Waals surface area (Å²) >= 11 is 0. The standard InChI is InChI=1S/C11H15NO3/c1-8(13)9-3-4-10(15-9)12-6-5-11(2,14)7-12/h3-4,14H,5-7H2,1-2H3. The minimum atomic E-state index is -0.650. The first-order valence-corrected chi connectivity index (χ1v) is 5.06. The van der Waals surface area contributed by atoms with Gasteiger partial charge in [-0.2, -0.15) is 0 Å². The van der Waals surface area contributed by atoms with Crippen molar-refractivity contribution in [3.63, 3.8) is 0 Å². The van der Waals surface area contributed by atoms with Crippen molar-refractivity contribution in [1.29, 1.82) is 0 Å². The number of ketones is 1. The molecule has 1 fully saturated rings. The zero-order valence-electron chi connectivity index (χ0n) is 8.99. The molecule has 82 valence electrons. The summed E-state index contributed by atoms with van der Waals surface area (Å²) in [5.74, 6) is 0.960. The second kappa shape index (κ2) is 3.38. The van der Waals surface area contributed by atoms with Gasteiger partial charge in [-0.3, -0.25) is 4.79 Å². The molecule has 0 saturated carbocycles. The van der Waals surface area contributed by atoms with Crippen molar-refractivity contribution in [1.82, 2.24) is 0 Å². The van der Waals surface area contributed by atoms with Crippen LogP contribution in [-0.4, -0.2) is 29.6 Å². The quantitative estimate of drug-likeness (QED) is 0.749. The summed E-state index contributed by atoms with van der Waals surface area (Å²) in [6, 6.07) is 3.45. The van der Waals surface area contributed by atoms with Crippen molar-refractivity contribution in [2.24, 2.45) is 0 Å². The fourth-order valence-corrected chi connectivity index (χ4v) is 1.82. The number of aliphatic hydroxyl groups is 1. The average molecular weight is 209 g/mol. The Morgan fingerprint density at radius 1 is 1.60 bits per heavy atom. The molecule has 2 rings (SSSR count). The first-order valence-electron chi connectivity index (χ1n) is 5.06. The molecule has 1 aliphatic rings. The van der Waals surface area contributed by atoms with Gasteiger partial charge in [0.1, 0.15) is 0 Å². The Morgan fingerprint density at radius 2 is 2.33 bits per heavy atom. The maximum atomic E-state index is 11.0. The topological polar surface area (TPSA) is 53.7 Å². The van der Waals surface area contributed by atoms with E-state index in [1.165, 1.54) is 6.92 Å². The van der Waals surface area contributed by atoms with Gasteiger partial charge >= 0.3 is 0 Å². The van der Waals surface area contributed by atoms with E-state index in [9.17, 15) is 9.90 Å². The van der Waals surface area contributed by atoms with Crippen molar-refractivity contribution in [3.05, 3.63) is 17.9 Å². The third-order valence-corrected chi connectivity index (χ3v) is 2.70. The van der Waals surface area contributed by atoms with Crippen LogP contribution in [-0.2, 0) is 0 Å². The molecule has 0 aromatic carbocycles. The van der Waals surface area contributed by atoms with Crippen LogP contribution in [0.25, 0.3) is 0 Å². The molecular formula is C11H15NO3. The lowest BCUT2D eigenvalue weighted by atomic mass is 10.1. The van der Waals surface area contributed by atoms with Crippen LogP contribution in [0.2, 0.25) is 0 Å². The molecule has 1 saturated heterocycles. The van der Waals surface area contributed by atoms with Gasteiger partial charge in [-0.1, -0.05) is 0 Å². The van der Waals surface area contributed by atoms with Crippen LogP contribution in [0.4, 0.5) is 5.88 Å². The summed E-state index contributed by atoms with van der Waals surface area (Å²) in [5, 5.41) is 9.79. The van der Waals surface area contributed by atoms with Gasteiger partial charge < -0.3 is 14.4 Å². The molecule has 1 aromatic rings. The maximum absolute atomic E-state index is 11.0. The Labute approximate surface area is 88.5 Å². The molecule has 0 aliphatic carbocycles. The summed E-state index contributed by atoms with van der Waals surface area (Å²) in [5.41, 5.74) is -0.650. The number of Topliss-reactive ketones (excluding diaryl/α,β-unsaturated/α-hetero) is 1. The van der Waals surface area contributed by atoms with E-state index in [-0.39, 0.29) is 5.78 Å². The van der Waals surface area contributed by atoms with E-state index < -0.39 is 5.60 Å². The lowest BCUT2D eigenvalue weighted by Gasteiger charge is -2.17. The van der Waals surface area contributed by atoms with Crippen LogP contribution in [0.5, 0.6) is 0 Å². The van der Waals surface area contributed by atoms with Crippen molar-refractivity contribution >= 4 is 11.7 Å². The molecule has 1 aliphatic heterocycles. The van der Waals surface area contributed by atoms with Crippen molar-refractivity contribution in [2.75, 3.05) is 18.0 Å². The van der Waals surface area contributed by atoms with Crippen LogP contribution < -0.4 is 4.90 Å². The molecule has 4 heteroatoms. The Morgan fingerprint density at radius 3 is 2.80 bits per heavy atom. The van der Waals surface area contributed by atoms with E-state index in [2.05, 4.69) is 0 Å². The van der Waals surface area contributed by atoms with Gasteiger partial charge in [0.15, 0.2) is 17.4 Å². The fraction of sp³-hybridized carbons (Fsp3) is 0.545. The van der Waals surface area contributed by atoms with E-state index in [0.29, 0.717) is 18.2 Å². The van der Waals surface area contributed by atoms with Crippen LogP contribution in [0.1, 0.15) is 30.8 Å². The number of rotatable bonds is 2. The minimum absolute atomic E-state index is 0.0767. The van der Waals surface area contributed by atoms with E-state index in [0.717, 1.165) is 13.0 Å². The molecule has 1 aromatic heterocycles. The van der Waals surface area contributed by atoms with Gasteiger partial charge in [0.25, 0.3) is 0 Å². The summed E-state index contributed by atoms with van der Waals surface area (Å²) in [4.78, 5) is 13.0. The van der Waals surface area contributed by atoms with Gasteiger partial charge in [0.05, 0.1) is 5.60 Å². The molecule has 1 unspecified atom stereocenters. The summed E-state index contributed by atoms with van der Waals surface area (Å²) in [6.07, 6.45) is 0.725. The smallest absolute Gasteiger partial charge is 0.196 e. The highest BCUT2D eigenvalue weighted by atomic mass is 16.4. The first-order chi connectivity index (χ1) is 6.98. The lowest BCUT2D eigenvalue weighted by molar-refractivity contribution is 0.0837. The van der Waals surface area contributed by atoms with Gasteiger partial charge in [0, 0.05) is 26.1 Å². The number of hydrogen-bond acceptors (Lipinski definition) is 4. The van der Waals surface area contributed by atoms with E-state index in [1.54, 1.807) is 12.1 Å². The number of anilines is 1. The number of hydrogen-bond donors (Lipinski definition) is 1. The third-order valence-electron chi connectivity index (χ3n) is 2.70. The number of β-amino-alcohol motifs (C(OH)–C–C–N with tert-alkyl or cyclic N) is 1. The molecule has 15 heavy (non-hydrogen) atoms. The molecular weight excluding hydrogens is 194 g/mol. The minimum Gasteiger partial charge on any atom is -0.437 e. The number of carbonyl (C=O) groups excluding carboxylic acids is 1. The molecule has 1 atom stereocenters. The molecule has 4 nitrogen and oxygen atoms in total. The van der Waals surface area contributed by atoms with Gasteiger partial charge in [-0.25, -0.2) is 0 Å². The van der Waals surface area contributed by atoms with Crippen molar-refractivity contribution in [2.45, 2.75) is 25.9 Å².